The number of H-pyrrole nitrogens is 2. The van der Waals surface area contributed by atoms with Crippen LogP contribution in [-0.4, -0.2) is 37.0 Å². The molecule has 0 aliphatic carbocycles. The lowest BCUT2D eigenvalue weighted by Crippen LogP contribution is -2.26. The molecule has 0 fully saturated rings. The zero-order valence-electron chi connectivity index (χ0n) is 12.0. The third-order valence-electron chi connectivity index (χ3n) is 3.42. The minimum Gasteiger partial charge on any atom is -0.497 e. The second kappa shape index (κ2) is 5.82. The first-order valence-electron chi connectivity index (χ1n) is 6.72. The molecule has 0 spiro atoms. The molecule has 0 saturated carbocycles. The first kappa shape index (κ1) is 14.6. The first-order valence-corrected chi connectivity index (χ1v) is 8.20. The van der Waals surface area contributed by atoms with E-state index in [9.17, 15) is 8.42 Å². The zero-order chi connectivity index (χ0) is 15.6. The van der Waals surface area contributed by atoms with Gasteiger partial charge in [-0.15, -0.1) is 0 Å². The summed E-state index contributed by atoms with van der Waals surface area (Å²) < 4.78 is 31.7. The smallest absolute Gasteiger partial charge is 0.257 e. The molecule has 2 aromatic heterocycles. The quantitative estimate of drug-likeness (QED) is 0.639. The monoisotopic (exact) mass is 320 g/mol. The van der Waals surface area contributed by atoms with Crippen LogP contribution >= 0.6 is 0 Å². The van der Waals surface area contributed by atoms with Crippen LogP contribution in [0.25, 0.3) is 10.9 Å². The summed E-state index contributed by atoms with van der Waals surface area (Å²) in [6.07, 6.45) is 5.06. The van der Waals surface area contributed by atoms with Gasteiger partial charge < -0.3 is 14.7 Å². The van der Waals surface area contributed by atoms with Crippen LogP contribution in [0.1, 0.15) is 5.56 Å². The van der Waals surface area contributed by atoms with Crippen molar-refractivity contribution in [1.29, 1.82) is 0 Å². The fourth-order valence-corrected chi connectivity index (χ4v) is 3.21. The molecule has 8 heteroatoms. The number of hydrogen-bond donors (Lipinski definition) is 3. The van der Waals surface area contributed by atoms with E-state index in [4.69, 9.17) is 4.74 Å². The maximum atomic E-state index is 12.0. The summed E-state index contributed by atoms with van der Waals surface area (Å²) in [6.45, 7) is 0.297. The van der Waals surface area contributed by atoms with Crippen molar-refractivity contribution in [3.05, 3.63) is 42.5 Å². The maximum absolute atomic E-state index is 12.0. The number of fused-ring (bicyclic) bond motifs is 1. The van der Waals surface area contributed by atoms with Gasteiger partial charge in [0.05, 0.1) is 19.6 Å². The van der Waals surface area contributed by atoms with Gasteiger partial charge in [0.1, 0.15) is 5.75 Å². The second-order valence-electron chi connectivity index (χ2n) is 4.79. The van der Waals surface area contributed by atoms with Crippen molar-refractivity contribution in [3.8, 4) is 5.75 Å². The highest BCUT2D eigenvalue weighted by atomic mass is 32.2. The van der Waals surface area contributed by atoms with Crippen LogP contribution in [-0.2, 0) is 16.4 Å². The highest BCUT2D eigenvalue weighted by Gasteiger charge is 2.15. The maximum Gasteiger partial charge on any atom is 0.257 e. The molecule has 0 aliphatic heterocycles. The Kier molecular flexibility index (Phi) is 3.86. The predicted molar refractivity (Wildman–Crippen MR) is 82.3 cm³/mol. The van der Waals surface area contributed by atoms with E-state index in [0.29, 0.717) is 13.0 Å². The average Bonchev–Trinajstić information content (AvgIpc) is 3.16. The predicted octanol–water partition coefficient (Wildman–Crippen LogP) is 1.42. The highest BCUT2D eigenvalue weighted by Crippen LogP contribution is 2.23. The zero-order valence-corrected chi connectivity index (χ0v) is 12.8. The Bertz CT molecular complexity index is 869. The number of aromatic amines is 2. The number of hydrogen-bond acceptors (Lipinski definition) is 4. The number of nitrogens with zero attached hydrogens (tertiary/aromatic N) is 1. The summed E-state index contributed by atoms with van der Waals surface area (Å²) in [4.78, 5) is 9.46. The van der Waals surface area contributed by atoms with Gasteiger partial charge in [0.15, 0.2) is 5.03 Å². The van der Waals surface area contributed by atoms with Crippen molar-refractivity contribution in [2.24, 2.45) is 0 Å². The molecule has 0 unspecified atom stereocenters. The van der Waals surface area contributed by atoms with Gasteiger partial charge in [0.25, 0.3) is 10.0 Å². The summed E-state index contributed by atoms with van der Waals surface area (Å²) >= 11 is 0. The molecule has 22 heavy (non-hydrogen) atoms. The molecule has 0 amide bonds. The van der Waals surface area contributed by atoms with Gasteiger partial charge in [-0.25, -0.2) is 18.1 Å². The number of aromatic nitrogens is 3. The fourth-order valence-electron chi connectivity index (χ4n) is 2.28. The van der Waals surface area contributed by atoms with Crippen molar-refractivity contribution in [3.63, 3.8) is 0 Å². The first-order chi connectivity index (χ1) is 10.6. The van der Waals surface area contributed by atoms with E-state index < -0.39 is 10.0 Å². The Hall–Kier alpha value is -2.32. The van der Waals surface area contributed by atoms with Crippen molar-refractivity contribution >= 4 is 20.9 Å². The number of sulfonamides is 1. The standard InChI is InChI=1S/C14H16N4O3S/c1-21-11-2-3-13-12(6-11)10(7-16-13)4-5-18-22(19,20)14-8-15-9-17-14/h2-3,6-9,16,18H,4-5H2,1H3,(H,15,17). The third-order valence-corrected chi connectivity index (χ3v) is 4.81. The topological polar surface area (TPSA) is 99.9 Å². The number of ether oxygens (including phenoxy) is 1. The number of nitrogens with one attached hydrogen (secondary N) is 3. The van der Waals surface area contributed by atoms with E-state index >= 15 is 0 Å². The molecule has 0 atom stereocenters. The van der Waals surface area contributed by atoms with Gasteiger partial charge >= 0.3 is 0 Å². The van der Waals surface area contributed by atoms with Crippen molar-refractivity contribution in [2.75, 3.05) is 13.7 Å². The number of methoxy groups -OCH3 is 1. The minimum atomic E-state index is -3.54. The molecule has 0 radical (unpaired) electrons. The Morgan fingerprint density at radius 3 is 2.91 bits per heavy atom. The second-order valence-corrected chi connectivity index (χ2v) is 6.52. The number of rotatable bonds is 6. The Balaban J connectivity index is 1.72. The van der Waals surface area contributed by atoms with Crippen LogP contribution in [0.4, 0.5) is 0 Å². The van der Waals surface area contributed by atoms with Crippen molar-refractivity contribution in [2.45, 2.75) is 11.4 Å². The van der Waals surface area contributed by atoms with Gasteiger partial charge in [0.2, 0.25) is 0 Å². The molecule has 3 aromatic rings. The fraction of sp³-hybridized carbons (Fsp3) is 0.214. The van der Waals surface area contributed by atoms with Gasteiger partial charge in [-0.1, -0.05) is 0 Å². The Labute approximate surface area is 127 Å². The molecule has 3 N–H and O–H groups in total. The van der Waals surface area contributed by atoms with Crippen molar-refractivity contribution in [1.82, 2.24) is 19.7 Å². The lowest BCUT2D eigenvalue weighted by Gasteiger charge is -2.05. The molecular weight excluding hydrogens is 304 g/mol. The van der Waals surface area contributed by atoms with E-state index in [1.54, 1.807) is 7.11 Å². The molecule has 7 nitrogen and oxygen atoms in total. The van der Waals surface area contributed by atoms with Crippen molar-refractivity contribution < 1.29 is 13.2 Å². The molecule has 1 aromatic carbocycles. The average molecular weight is 320 g/mol. The van der Waals surface area contributed by atoms with Gasteiger partial charge in [-0.2, -0.15) is 0 Å². The molecule has 0 aliphatic rings. The van der Waals surface area contributed by atoms with Gasteiger partial charge in [-0.05, 0) is 30.2 Å². The van der Waals surface area contributed by atoms with Crippen LogP contribution in [0.15, 0.2) is 41.9 Å². The van der Waals surface area contributed by atoms with E-state index in [0.717, 1.165) is 22.2 Å². The Morgan fingerprint density at radius 1 is 1.32 bits per heavy atom. The summed E-state index contributed by atoms with van der Waals surface area (Å²) in [6, 6.07) is 5.75. The molecule has 0 saturated heterocycles. The van der Waals surface area contributed by atoms with E-state index in [-0.39, 0.29) is 5.03 Å². The van der Waals surface area contributed by atoms with E-state index in [1.165, 1.54) is 12.5 Å². The van der Waals surface area contributed by atoms with Crippen LogP contribution < -0.4 is 9.46 Å². The Morgan fingerprint density at radius 2 is 2.18 bits per heavy atom. The summed E-state index contributed by atoms with van der Waals surface area (Å²) in [7, 11) is -1.92. The van der Waals surface area contributed by atoms with Gasteiger partial charge in [-0.3, -0.25) is 0 Å². The van der Waals surface area contributed by atoms with E-state index in [1.807, 2.05) is 24.4 Å². The van der Waals surface area contributed by atoms with Gasteiger partial charge in [0, 0.05) is 23.6 Å². The number of benzene rings is 1. The molecule has 2 heterocycles. The summed E-state index contributed by atoms with van der Waals surface area (Å²) in [5.74, 6) is 0.770. The molecule has 3 rings (SSSR count). The molecule has 116 valence electrons. The van der Waals surface area contributed by atoms with Crippen LogP contribution in [0.3, 0.4) is 0 Å². The van der Waals surface area contributed by atoms with Crippen LogP contribution in [0.2, 0.25) is 0 Å². The summed E-state index contributed by atoms with van der Waals surface area (Å²) in [5.41, 5.74) is 2.02. The minimum absolute atomic E-state index is 0.0631. The van der Waals surface area contributed by atoms with Crippen LogP contribution in [0, 0.1) is 0 Å². The number of imidazole rings is 1. The SMILES string of the molecule is COc1ccc2[nH]cc(CCNS(=O)(=O)c3cnc[nH]3)c2c1. The third kappa shape index (κ3) is 2.83. The highest BCUT2D eigenvalue weighted by molar-refractivity contribution is 7.89. The molecular formula is C14H16N4O3S. The van der Waals surface area contributed by atoms with E-state index in [2.05, 4.69) is 19.7 Å². The lowest BCUT2D eigenvalue weighted by molar-refractivity contribution is 0.415. The van der Waals surface area contributed by atoms with Crippen LogP contribution in [0.5, 0.6) is 5.75 Å². The lowest BCUT2D eigenvalue weighted by atomic mass is 10.1. The normalized spacial score (nSPS) is 11.9. The largest absolute Gasteiger partial charge is 0.497 e. The summed E-state index contributed by atoms with van der Waals surface area (Å²) in [5, 5.41) is 1.09. The molecule has 0 bridgehead atoms.